The van der Waals surface area contributed by atoms with Crippen LogP contribution < -0.4 is 5.32 Å². The van der Waals surface area contributed by atoms with Gasteiger partial charge in [0.2, 0.25) is 0 Å². The molecule has 94 valence electrons. The van der Waals surface area contributed by atoms with Crippen molar-refractivity contribution in [3.8, 4) is 0 Å². The number of nitrogens with one attached hydrogen (secondary N) is 1. The lowest BCUT2D eigenvalue weighted by atomic mass is 10.8. The summed E-state index contributed by atoms with van der Waals surface area (Å²) in [5, 5.41) is 2.22. The van der Waals surface area contributed by atoms with Gasteiger partial charge < -0.3 is 13.8 Å². The number of hydrogen-bond donors (Lipinski definition) is 1. The summed E-state index contributed by atoms with van der Waals surface area (Å²) in [6.07, 6.45) is -0.730. The van der Waals surface area contributed by atoms with Gasteiger partial charge in [-0.25, -0.2) is 4.79 Å². The fourth-order valence-corrected chi connectivity index (χ4v) is 2.18. The molecule has 0 atom stereocenters. The smallest absolute Gasteiger partial charge is 0.411 e. The standard InChI is InChI=1S/C9H18NO5P/c1-5-13-9(11)10-8(4)16(12,14-6-2)15-7-3/h4-7H2,1-3H3,(H,10,11). The van der Waals surface area contributed by atoms with E-state index >= 15 is 0 Å². The van der Waals surface area contributed by atoms with E-state index in [0.717, 1.165) is 0 Å². The van der Waals surface area contributed by atoms with Gasteiger partial charge in [0.25, 0.3) is 0 Å². The Morgan fingerprint density at radius 1 is 1.19 bits per heavy atom. The minimum Gasteiger partial charge on any atom is -0.450 e. The second-order valence-corrected chi connectivity index (χ2v) is 4.68. The van der Waals surface area contributed by atoms with Crippen LogP contribution in [0.1, 0.15) is 20.8 Å². The van der Waals surface area contributed by atoms with E-state index in [0.29, 0.717) is 0 Å². The van der Waals surface area contributed by atoms with Crippen LogP contribution in [-0.4, -0.2) is 25.9 Å². The fourth-order valence-electron chi connectivity index (χ4n) is 0.886. The zero-order valence-electron chi connectivity index (χ0n) is 9.82. The van der Waals surface area contributed by atoms with E-state index in [4.69, 9.17) is 9.05 Å². The summed E-state index contributed by atoms with van der Waals surface area (Å²) >= 11 is 0. The largest absolute Gasteiger partial charge is 0.450 e. The Morgan fingerprint density at radius 3 is 2.06 bits per heavy atom. The monoisotopic (exact) mass is 251 g/mol. The molecule has 0 aromatic heterocycles. The van der Waals surface area contributed by atoms with Crippen molar-refractivity contribution in [2.24, 2.45) is 0 Å². The Balaban J connectivity index is 4.50. The quantitative estimate of drug-likeness (QED) is 0.703. The van der Waals surface area contributed by atoms with Crippen molar-refractivity contribution in [1.82, 2.24) is 5.32 Å². The Labute approximate surface area is 95.5 Å². The summed E-state index contributed by atoms with van der Waals surface area (Å²) in [5.41, 5.74) is -0.116. The van der Waals surface area contributed by atoms with E-state index < -0.39 is 13.7 Å². The predicted molar refractivity (Wildman–Crippen MR) is 60.2 cm³/mol. The van der Waals surface area contributed by atoms with Crippen molar-refractivity contribution in [2.75, 3.05) is 19.8 Å². The first-order chi connectivity index (χ1) is 7.50. The number of carbonyl (C=O) groups is 1. The molecule has 0 rings (SSSR count). The number of alkyl carbamates (subject to hydrolysis) is 1. The zero-order chi connectivity index (χ0) is 12.6. The molecular weight excluding hydrogens is 233 g/mol. The molecule has 0 aromatic rings. The van der Waals surface area contributed by atoms with E-state index in [1.165, 1.54) is 0 Å². The van der Waals surface area contributed by atoms with Gasteiger partial charge in [0, 0.05) is 0 Å². The Bertz CT molecular complexity index is 282. The third kappa shape index (κ3) is 4.79. The zero-order valence-corrected chi connectivity index (χ0v) is 10.7. The Hall–Kier alpha value is -0.840. The van der Waals surface area contributed by atoms with Crippen LogP contribution in [0.5, 0.6) is 0 Å². The van der Waals surface area contributed by atoms with Crippen LogP contribution in [0.15, 0.2) is 12.0 Å². The van der Waals surface area contributed by atoms with Crippen LogP contribution in [-0.2, 0) is 18.3 Å². The molecule has 0 heterocycles. The van der Waals surface area contributed by atoms with Crippen molar-refractivity contribution in [3.63, 3.8) is 0 Å². The van der Waals surface area contributed by atoms with Crippen LogP contribution in [0.2, 0.25) is 0 Å². The molecule has 0 aromatic carbocycles. The molecule has 0 radical (unpaired) electrons. The highest BCUT2D eigenvalue weighted by molar-refractivity contribution is 7.58. The molecule has 0 spiro atoms. The summed E-state index contributed by atoms with van der Waals surface area (Å²) in [4.78, 5) is 11.1. The minimum atomic E-state index is -3.49. The third-order valence-electron chi connectivity index (χ3n) is 1.45. The summed E-state index contributed by atoms with van der Waals surface area (Å²) in [6.45, 7) is 9.07. The molecular formula is C9H18NO5P. The maximum Gasteiger partial charge on any atom is 0.411 e. The van der Waals surface area contributed by atoms with E-state index in [1.54, 1.807) is 20.8 Å². The van der Waals surface area contributed by atoms with Crippen molar-refractivity contribution in [3.05, 3.63) is 12.0 Å². The topological polar surface area (TPSA) is 73.9 Å². The molecule has 0 aliphatic heterocycles. The number of hydrogen-bond acceptors (Lipinski definition) is 5. The number of amides is 1. The molecule has 0 saturated carbocycles. The van der Waals surface area contributed by atoms with Gasteiger partial charge >= 0.3 is 13.7 Å². The van der Waals surface area contributed by atoms with Gasteiger partial charge in [0.15, 0.2) is 0 Å². The Kier molecular flexibility index (Phi) is 7.05. The van der Waals surface area contributed by atoms with Gasteiger partial charge in [-0.1, -0.05) is 6.58 Å². The summed E-state index contributed by atoms with van der Waals surface area (Å²) in [6, 6.07) is 0. The SMILES string of the molecule is C=C(NC(=O)OCC)P(=O)(OCC)OCC. The lowest BCUT2D eigenvalue weighted by molar-refractivity contribution is 0.154. The average molecular weight is 251 g/mol. The number of rotatable bonds is 7. The van der Waals surface area contributed by atoms with Crippen LogP contribution in [0.3, 0.4) is 0 Å². The van der Waals surface area contributed by atoms with Crippen LogP contribution in [0, 0.1) is 0 Å². The first-order valence-corrected chi connectivity index (χ1v) is 6.56. The second kappa shape index (κ2) is 7.44. The van der Waals surface area contributed by atoms with E-state index in [1.807, 2.05) is 0 Å². The number of ether oxygens (including phenoxy) is 1. The van der Waals surface area contributed by atoms with Gasteiger partial charge in [-0.3, -0.25) is 9.88 Å². The van der Waals surface area contributed by atoms with E-state index in [-0.39, 0.29) is 25.3 Å². The minimum absolute atomic E-state index is 0.116. The second-order valence-electron chi connectivity index (χ2n) is 2.63. The first kappa shape index (κ1) is 15.2. The summed E-state index contributed by atoms with van der Waals surface area (Å²) < 4.78 is 26.6. The predicted octanol–water partition coefficient (Wildman–Crippen LogP) is 2.47. The van der Waals surface area contributed by atoms with Gasteiger partial charge in [0.05, 0.1) is 19.8 Å². The maximum atomic E-state index is 12.0. The molecule has 6 nitrogen and oxygen atoms in total. The van der Waals surface area contributed by atoms with Crippen LogP contribution in [0.25, 0.3) is 0 Å². The normalized spacial score (nSPS) is 10.9. The first-order valence-electron chi connectivity index (χ1n) is 5.02. The molecule has 0 unspecified atom stereocenters. The third-order valence-corrected chi connectivity index (χ3v) is 3.42. The average Bonchev–Trinajstić information content (AvgIpc) is 2.18. The molecule has 0 saturated heterocycles. The van der Waals surface area contributed by atoms with Gasteiger partial charge in [0.1, 0.15) is 5.44 Å². The van der Waals surface area contributed by atoms with Gasteiger partial charge in [-0.2, -0.15) is 0 Å². The molecule has 0 aliphatic rings. The lowest BCUT2D eigenvalue weighted by Crippen LogP contribution is -2.24. The highest BCUT2D eigenvalue weighted by Gasteiger charge is 2.29. The van der Waals surface area contributed by atoms with Crippen molar-refractivity contribution >= 4 is 13.7 Å². The highest BCUT2D eigenvalue weighted by Crippen LogP contribution is 2.53. The number of carbonyl (C=O) groups excluding carboxylic acids is 1. The molecule has 16 heavy (non-hydrogen) atoms. The Morgan fingerprint density at radius 2 is 1.69 bits per heavy atom. The molecule has 0 aliphatic carbocycles. The van der Waals surface area contributed by atoms with Gasteiger partial charge in [-0.05, 0) is 20.8 Å². The van der Waals surface area contributed by atoms with Crippen LogP contribution in [0.4, 0.5) is 4.79 Å². The van der Waals surface area contributed by atoms with Crippen molar-refractivity contribution in [2.45, 2.75) is 20.8 Å². The highest BCUT2D eigenvalue weighted by atomic mass is 31.2. The van der Waals surface area contributed by atoms with E-state index in [9.17, 15) is 9.36 Å². The molecule has 1 N–H and O–H groups in total. The summed E-state index contributed by atoms with van der Waals surface area (Å²) in [5.74, 6) is 0. The molecule has 0 fully saturated rings. The maximum absolute atomic E-state index is 12.0. The van der Waals surface area contributed by atoms with Gasteiger partial charge in [-0.15, -0.1) is 0 Å². The molecule has 0 bridgehead atoms. The van der Waals surface area contributed by atoms with Crippen molar-refractivity contribution < 1.29 is 23.1 Å². The van der Waals surface area contributed by atoms with E-state index in [2.05, 4.69) is 16.6 Å². The molecule has 7 heteroatoms. The summed E-state index contributed by atoms with van der Waals surface area (Å²) in [7, 11) is -3.49. The lowest BCUT2D eigenvalue weighted by Gasteiger charge is -2.19. The van der Waals surface area contributed by atoms with Crippen LogP contribution >= 0.6 is 7.60 Å². The molecule has 1 amide bonds. The fraction of sp³-hybridized carbons (Fsp3) is 0.667. The van der Waals surface area contributed by atoms with Crippen molar-refractivity contribution in [1.29, 1.82) is 0 Å².